The number of nitrogens with one attached hydrogen (secondary N) is 1. The summed E-state index contributed by atoms with van der Waals surface area (Å²) in [5.74, 6) is -2.89. The van der Waals surface area contributed by atoms with Gasteiger partial charge in [-0.25, -0.2) is 17.2 Å². The maximum Gasteiger partial charge on any atom is 0.573 e. The van der Waals surface area contributed by atoms with Crippen molar-refractivity contribution in [3.05, 3.63) is 95.7 Å². The minimum absolute atomic E-state index is 0.124. The Morgan fingerprint density at radius 2 is 1.62 bits per heavy atom. The molecule has 14 heteroatoms. The molecular formula is C28H23F5N4O4S. The van der Waals surface area contributed by atoms with Gasteiger partial charge >= 0.3 is 6.36 Å². The third-order valence-electron chi connectivity index (χ3n) is 6.57. The van der Waals surface area contributed by atoms with Gasteiger partial charge in [0, 0.05) is 55.9 Å². The number of hydrogen-bond donors (Lipinski definition) is 1. The fraction of sp³-hybridized carbons (Fsp3) is 0.214. The minimum atomic E-state index is -5.18. The first-order valence-electron chi connectivity index (χ1n) is 12.6. The van der Waals surface area contributed by atoms with Crippen molar-refractivity contribution < 1.29 is 39.9 Å². The van der Waals surface area contributed by atoms with Gasteiger partial charge in [-0.3, -0.25) is 19.4 Å². The minimum Gasteiger partial charge on any atom is -0.404 e. The van der Waals surface area contributed by atoms with Crippen LogP contribution in [0.2, 0.25) is 0 Å². The number of sulfonamides is 1. The Balaban J connectivity index is 1.34. The molecule has 1 fully saturated rings. The van der Waals surface area contributed by atoms with Gasteiger partial charge in [-0.2, -0.15) is 0 Å². The van der Waals surface area contributed by atoms with Gasteiger partial charge in [0.15, 0.2) is 5.75 Å². The predicted octanol–water partition coefficient (Wildman–Crippen LogP) is 5.17. The molecule has 1 aromatic heterocycles. The number of piperazine rings is 1. The highest BCUT2D eigenvalue weighted by atomic mass is 32.2. The van der Waals surface area contributed by atoms with Gasteiger partial charge < -0.3 is 9.64 Å². The molecule has 0 saturated carbocycles. The Bertz CT molecular complexity index is 1720. The number of fused-ring (bicyclic) bond motifs is 1. The maximum absolute atomic E-state index is 13.5. The zero-order chi connectivity index (χ0) is 30.1. The second kappa shape index (κ2) is 11.5. The molecule has 0 radical (unpaired) electrons. The number of alkyl halides is 3. The number of carbonyl (C=O) groups is 1. The normalized spacial score (nSPS) is 14.6. The molecule has 1 aliphatic rings. The van der Waals surface area contributed by atoms with Crippen molar-refractivity contribution in [1.82, 2.24) is 14.8 Å². The Kier molecular flexibility index (Phi) is 8.01. The number of hydrogen-bond acceptors (Lipinski definition) is 6. The lowest BCUT2D eigenvalue weighted by Crippen LogP contribution is -2.48. The highest BCUT2D eigenvalue weighted by Crippen LogP contribution is 2.34. The first-order valence-corrected chi connectivity index (χ1v) is 14.1. The quantitative estimate of drug-likeness (QED) is 0.292. The van der Waals surface area contributed by atoms with E-state index < -0.39 is 45.4 Å². The molecular weight excluding hydrogens is 583 g/mol. The SMILES string of the molecule is O=C(c1ccc(NS(=O)(=O)c2cccc3cccnc23)c(OC(F)(F)F)c1)N1CCN(Cc2cc(F)cc(F)c2)CC1. The van der Waals surface area contributed by atoms with Gasteiger partial charge in [0.2, 0.25) is 0 Å². The van der Waals surface area contributed by atoms with Crippen LogP contribution in [0.5, 0.6) is 5.75 Å². The number of rotatable bonds is 7. The molecule has 220 valence electrons. The number of anilines is 1. The number of pyridine rings is 1. The maximum atomic E-state index is 13.5. The van der Waals surface area contributed by atoms with Crippen LogP contribution in [0, 0.1) is 11.6 Å². The Labute approximate surface area is 237 Å². The summed E-state index contributed by atoms with van der Waals surface area (Å²) >= 11 is 0. The standard InChI is InChI=1S/C28H23F5N4O4S/c29-21-13-18(14-22(30)16-21)17-36-9-11-37(12-10-36)27(38)20-6-7-23(24(15-20)41-28(31,32)33)35-42(39,40)25-5-1-3-19-4-2-8-34-26(19)25/h1-8,13-16,35H,9-12,17H2. The first kappa shape index (κ1) is 29.2. The molecule has 0 spiro atoms. The zero-order valence-electron chi connectivity index (χ0n) is 21.7. The van der Waals surface area contributed by atoms with Gasteiger partial charge in [-0.05, 0) is 48.0 Å². The van der Waals surface area contributed by atoms with Crippen LogP contribution in [0.25, 0.3) is 10.9 Å². The van der Waals surface area contributed by atoms with Gasteiger partial charge in [-0.15, -0.1) is 13.2 Å². The number of benzene rings is 3. The zero-order valence-corrected chi connectivity index (χ0v) is 22.6. The fourth-order valence-electron chi connectivity index (χ4n) is 4.69. The van der Waals surface area contributed by atoms with Gasteiger partial charge in [0.05, 0.1) is 11.2 Å². The van der Waals surface area contributed by atoms with Crippen LogP contribution in [0.15, 0.2) is 77.8 Å². The summed E-state index contributed by atoms with van der Waals surface area (Å²) in [6.45, 7) is 1.36. The summed E-state index contributed by atoms with van der Waals surface area (Å²) in [4.78, 5) is 20.3. The van der Waals surface area contributed by atoms with E-state index in [0.717, 1.165) is 18.2 Å². The topological polar surface area (TPSA) is 91.8 Å². The summed E-state index contributed by atoms with van der Waals surface area (Å²) in [5.41, 5.74) is -0.119. The lowest BCUT2D eigenvalue weighted by Gasteiger charge is -2.35. The summed E-state index contributed by atoms with van der Waals surface area (Å²) in [5, 5.41) is 0.510. The predicted molar refractivity (Wildman–Crippen MR) is 143 cm³/mol. The van der Waals surface area contributed by atoms with Gasteiger partial charge in [-0.1, -0.05) is 18.2 Å². The number of amides is 1. The molecule has 4 aromatic rings. The molecule has 2 heterocycles. The number of halogens is 5. The summed E-state index contributed by atoms with van der Waals surface area (Å²) in [6.07, 6.45) is -3.79. The molecule has 1 aliphatic heterocycles. The van der Waals surface area contributed by atoms with E-state index in [4.69, 9.17) is 0 Å². The number of ether oxygens (including phenoxy) is 1. The third kappa shape index (κ3) is 6.77. The van der Waals surface area contributed by atoms with Crippen molar-refractivity contribution in [2.75, 3.05) is 30.9 Å². The second-order valence-electron chi connectivity index (χ2n) is 9.54. The molecule has 5 rings (SSSR count). The number of carbonyl (C=O) groups excluding carboxylic acids is 1. The van der Waals surface area contributed by atoms with Crippen LogP contribution in [0.1, 0.15) is 15.9 Å². The van der Waals surface area contributed by atoms with Crippen molar-refractivity contribution >= 4 is 32.5 Å². The molecule has 0 aliphatic carbocycles. The fourth-order valence-corrected chi connectivity index (χ4v) is 5.94. The molecule has 1 saturated heterocycles. The molecule has 0 unspecified atom stereocenters. The van der Waals surface area contributed by atoms with E-state index in [0.29, 0.717) is 24.0 Å². The van der Waals surface area contributed by atoms with Crippen LogP contribution in [-0.4, -0.2) is 61.7 Å². The average Bonchev–Trinajstić information content (AvgIpc) is 2.92. The third-order valence-corrected chi connectivity index (χ3v) is 7.97. The molecule has 42 heavy (non-hydrogen) atoms. The lowest BCUT2D eigenvalue weighted by molar-refractivity contribution is -0.274. The van der Waals surface area contributed by atoms with Gasteiger partial charge in [0.1, 0.15) is 16.5 Å². The molecule has 0 atom stereocenters. The summed E-state index contributed by atoms with van der Waals surface area (Å²) < 4.78 is 99.5. The van der Waals surface area contributed by atoms with E-state index in [1.165, 1.54) is 41.4 Å². The second-order valence-corrected chi connectivity index (χ2v) is 11.2. The van der Waals surface area contributed by atoms with Gasteiger partial charge in [0.25, 0.3) is 15.9 Å². The highest BCUT2D eigenvalue weighted by molar-refractivity contribution is 7.93. The molecule has 8 nitrogen and oxygen atoms in total. The van der Waals surface area contributed by atoms with Crippen molar-refractivity contribution in [2.45, 2.75) is 17.8 Å². The average molecular weight is 607 g/mol. The van der Waals surface area contributed by atoms with Crippen molar-refractivity contribution in [2.24, 2.45) is 0 Å². The largest absolute Gasteiger partial charge is 0.573 e. The van der Waals surface area contributed by atoms with E-state index in [1.54, 1.807) is 18.2 Å². The number of para-hydroxylation sites is 1. The van der Waals surface area contributed by atoms with Crippen molar-refractivity contribution in [3.63, 3.8) is 0 Å². The van der Waals surface area contributed by atoms with Crippen molar-refractivity contribution in [3.8, 4) is 5.75 Å². The molecule has 1 N–H and O–H groups in total. The van der Waals surface area contributed by atoms with Crippen LogP contribution in [-0.2, 0) is 16.6 Å². The smallest absolute Gasteiger partial charge is 0.404 e. The Morgan fingerprint density at radius 3 is 2.31 bits per heavy atom. The van der Waals surface area contributed by atoms with Crippen LogP contribution in [0.3, 0.4) is 0 Å². The van der Waals surface area contributed by atoms with Crippen LogP contribution < -0.4 is 9.46 Å². The van der Waals surface area contributed by atoms with E-state index in [-0.39, 0.29) is 35.6 Å². The molecule has 3 aromatic carbocycles. The number of nitrogens with zero attached hydrogens (tertiary/aromatic N) is 3. The van der Waals surface area contributed by atoms with Crippen molar-refractivity contribution in [1.29, 1.82) is 0 Å². The van der Waals surface area contributed by atoms with E-state index in [2.05, 4.69) is 14.4 Å². The van der Waals surface area contributed by atoms with E-state index >= 15 is 0 Å². The number of aromatic nitrogens is 1. The monoisotopic (exact) mass is 606 g/mol. The lowest BCUT2D eigenvalue weighted by atomic mass is 10.1. The Hall–Kier alpha value is -4.30. The van der Waals surface area contributed by atoms with Crippen LogP contribution >= 0.6 is 0 Å². The molecule has 1 amide bonds. The van der Waals surface area contributed by atoms with E-state index in [9.17, 15) is 35.2 Å². The first-order chi connectivity index (χ1) is 19.9. The van der Waals surface area contributed by atoms with Crippen LogP contribution in [0.4, 0.5) is 27.6 Å². The summed E-state index contributed by atoms with van der Waals surface area (Å²) in [6, 6.07) is 13.9. The Morgan fingerprint density at radius 1 is 0.929 bits per heavy atom. The highest BCUT2D eigenvalue weighted by Gasteiger charge is 2.34. The molecule has 0 bridgehead atoms. The summed E-state index contributed by atoms with van der Waals surface area (Å²) in [7, 11) is -4.42. The van der Waals surface area contributed by atoms with E-state index in [1.807, 2.05) is 4.90 Å².